The molecule has 0 aliphatic heterocycles. The van der Waals surface area contributed by atoms with Crippen molar-refractivity contribution < 1.29 is 4.79 Å². The summed E-state index contributed by atoms with van der Waals surface area (Å²) in [5.41, 5.74) is 3.81. The lowest BCUT2D eigenvalue weighted by Gasteiger charge is -2.09. The van der Waals surface area contributed by atoms with Gasteiger partial charge in [-0.2, -0.15) is 0 Å². The van der Waals surface area contributed by atoms with Gasteiger partial charge in [-0.25, -0.2) is 0 Å². The Morgan fingerprint density at radius 2 is 1.71 bits per heavy atom. The molecule has 0 bridgehead atoms. The number of ketones is 1. The van der Waals surface area contributed by atoms with Crippen molar-refractivity contribution in [2.45, 2.75) is 20.3 Å². The summed E-state index contributed by atoms with van der Waals surface area (Å²) in [4.78, 5) is 12.2. The van der Waals surface area contributed by atoms with Crippen molar-refractivity contribution in [1.82, 2.24) is 0 Å². The third kappa shape index (κ3) is 4.57. The normalized spacial score (nSPS) is 11.3. The van der Waals surface area contributed by atoms with E-state index < -0.39 is 0 Å². The maximum atomic E-state index is 12.2. The fourth-order valence-corrected chi connectivity index (χ4v) is 2.17. The molecule has 21 heavy (non-hydrogen) atoms. The van der Waals surface area contributed by atoms with E-state index in [1.165, 1.54) is 5.56 Å². The van der Waals surface area contributed by atoms with Crippen LogP contribution in [-0.2, 0) is 0 Å². The lowest BCUT2D eigenvalue weighted by Crippen LogP contribution is -2.03. The van der Waals surface area contributed by atoms with Gasteiger partial charge in [0.25, 0.3) is 0 Å². The van der Waals surface area contributed by atoms with Gasteiger partial charge in [0.1, 0.15) is 0 Å². The van der Waals surface area contributed by atoms with Crippen molar-refractivity contribution in [3.8, 4) is 0 Å². The van der Waals surface area contributed by atoms with Crippen molar-refractivity contribution >= 4 is 27.4 Å². The summed E-state index contributed by atoms with van der Waals surface area (Å²) in [6.45, 7) is 4.08. The highest BCUT2D eigenvalue weighted by molar-refractivity contribution is 9.10. The SMILES string of the molecule is CC/C(=C\C(=O)c1ccc(Br)cc1)Nc1ccc(C)cc1. The Morgan fingerprint density at radius 1 is 1.10 bits per heavy atom. The first kappa shape index (κ1) is 15.5. The van der Waals surface area contributed by atoms with Gasteiger partial charge in [0.05, 0.1) is 0 Å². The molecule has 0 unspecified atom stereocenters. The summed E-state index contributed by atoms with van der Waals surface area (Å²) in [5, 5.41) is 3.30. The van der Waals surface area contributed by atoms with E-state index in [2.05, 4.69) is 28.2 Å². The van der Waals surface area contributed by atoms with Gasteiger partial charge in [0.2, 0.25) is 0 Å². The Bertz CT molecular complexity index is 642. The minimum atomic E-state index is 0.0129. The molecule has 0 aromatic heterocycles. The van der Waals surface area contributed by atoms with Crippen molar-refractivity contribution in [2.24, 2.45) is 0 Å². The van der Waals surface area contributed by atoms with Crippen molar-refractivity contribution in [3.63, 3.8) is 0 Å². The molecular weight excluding hydrogens is 326 g/mol. The predicted octanol–water partition coefficient (Wildman–Crippen LogP) is 5.35. The third-order valence-electron chi connectivity index (χ3n) is 3.17. The van der Waals surface area contributed by atoms with Gasteiger partial charge in [-0.15, -0.1) is 0 Å². The number of carbonyl (C=O) groups excluding carboxylic acids is 1. The number of halogens is 1. The zero-order valence-electron chi connectivity index (χ0n) is 12.2. The summed E-state index contributed by atoms with van der Waals surface area (Å²) in [6.07, 6.45) is 2.44. The molecule has 2 aromatic rings. The van der Waals surface area contributed by atoms with Gasteiger partial charge >= 0.3 is 0 Å². The number of aryl methyl sites for hydroxylation is 1. The number of benzene rings is 2. The van der Waals surface area contributed by atoms with E-state index in [1.54, 1.807) is 6.08 Å². The largest absolute Gasteiger partial charge is 0.359 e. The Morgan fingerprint density at radius 3 is 2.29 bits per heavy atom. The minimum Gasteiger partial charge on any atom is -0.359 e. The standard InChI is InChI=1S/C18H18BrNO/c1-3-16(20-17-10-4-13(2)5-11-17)12-18(21)14-6-8-15(19)9-7-14/h4-12,20H,3H2,1-2H3/b16-12+. The molecule has 0 spiro atoms. The highest BCUT2D eigenvalue weighted by Crippen LogP contribution is 2.15. The highest BCUT2D eigenvalue weighted by Gasteiger charge is 2.04. The molecule has 0 heterocycles. The van der Waals surface area contributed by atoms with Crippen LogP contribution in [-0.4, -0.2) is 5.78 Å². The number of hydrogen-bond acceptors (Lipinski definition) is 2. The smallest absolute Gasteiger partial charge is 0.187 e. The van der Waals surface area contributed by atoms with E-state index in [1.807, 2.05) is 55.5 Å². The quantitative estimate of drug-likeness (QED) is 0.585. The molecule has 3 heteroatoms. The van der Waals surface area contributed by atoms with Crippen molar-refractivity contribution in [1.29, 1.82) is 0 Å². The number of anilines is 1. The molecular formula is C18H18BrNO. The van der Waals surface area contributed by atoms with Crippen LogP contribution in [0.25, 0.3) is 0 Å². The van der Waals surface area contributed by atoms with Crippen molar-refractivity contribution in [3.05, 3.63) is 75.9 Å². The number of rotatable bonds is 5. The Labute approximate surface area is 134 Å². The Kier molecular flexibility index (Phi) is 5.34. The highest BCUT2D eigenvalue weighted by atomic mass is 79.9. The average Bonchev–Trinajstić information content (AvgIpc) is 2.49. The minimum absolute atomic E-state index is 0.0129. The summed E-state index contributed by atoms with van der Waals surface area (Å²) in [5.74, 6) is 0.0129. The fraction of sp³-hybridized carbons (Fsp3) is 0.167. The zero-order chi connectivity index (χ0) is 15.2. The first-order valence-electron chi connectivity index (χ1n) is 6.92. The lowest BCUT2D eigenvalue weighted by atomic mass is 10.1. The number of nitrogens with one attached hydrogen (secondary N) is 1. The molecule has 2 nitrogen and oxygen atoms in total. The van der Waals surface area contributed by atoms with E-state index in [0.29, 0.717) is 5.56 Å². The van der Waals surface area contributed by atoms with Crippen LogP contribution in [0.5, 0.6) is 0 Å². The molecule has 2 rings (SSSR count). The lowest BCUT2D eigenvalue weighted by molar-refractivity contribution is 0.104. The molecule has 0 saturated carbocycles. The second-order valence-corrected chi connectivity index (χ2v) is 5.80. The van der Waals surface area contributed by atoms with Crippen LogP contribution in [0.1, 0.15) is 29.3 Å². The maximum absolute atomic E-state index is 12.2. The first-order chi connectivity index (χ1) is 10.1. The van der Waals surface area contributed by atoms with Crippen LogP contribution in [0.15, 0.2) is 64.8 Å². The van der Waals surface area contributed by atoms with Crippen LogP contribution < -0.4 is 5.32 Å². The first-order valence-corrected chi connectivity index (χ1v) is 7.72. The summed E-state index contributed by atoms with van der Waals surface area (Å²) < 4.78 is 0.969. The molecule has 0 saturated heterocycles. The molecule has 0 aliphatic rings. The molecule has 2 aromatic carbocycles. The summed E-state index contributed by atoms with van der Waals surface area (Å²) >= 11 is 3.37. The fourth-order valence-electron chi connectivity index (χ4n) is 1.90. The van der Waals surface area contributed by atoms with Gasteiger partial charge in [0.15, 0.2) is 5.78 Å². The molecule has 1 N–H and O–H groups in total. The molecule has 0 radical (unpaired) electrons. The second-order valence-electron chi connectivity index (χ2n) is 4.89. The molecule has 0 aliphatic carbocycles. The summed E-state index contributed by atoms with van der Waals surface area (Å²) in [7, 11) is 0. The molecule has 0 amide bonds. The molecule has 0 atom stereocenters. The number of allylic oxidation sites excluding steroid dienone is 2. The van der Waals surface area contributed by atoms with Gasteiger partial charge < -0.3 is 5.32 Å². The van der Waals surface area contributed by atoms with Gasteiger partial charge in [-0.05, 0) is 49.7 Å². The average molecular weight is 344 g/mol. The van der Waals surface area contributed by atoms with E-state index in [-0.39, 0.29) is 5.78 Å². The van der Waals surface area contributed by atoms with E-state index in [4.69, 9.17) is 0 Å². The van der Waals surface area contributed by atoms with Crippen LogP contribution >= 0.6 is 15.9 Å². The van der Waals surface area contributed by atoms with E-state index in [0.717, 1.165) is 22.3 Å². The van der Waals surface area contributed by atoms with Gasteiger partial charge in [-0.1, -0.05) is 40.5 Å². The van der Waals surface area contributed by atoms with Crippen molar-refractivity contribution in [2.75, 3.05) is 5.32 Å². The maximum Gasteiger partial charge on any atom is 0.187 e. The van der Waals surface area contributed by atoms with E-state index in [9.17, 15) is 4.79 Å². The third-order valence-corrected chi connectivity index (χ3v) is 3.70. The van der Waals surface area contributed by atoms with Crippen LogP contribution in [0.3, 0.4) is 0 Å². The predicted molar refractivity (Wildman–Crippen MR) is 91.6 cm³/mol. The topological polar surface area (TPSA) is 29.1 Å². The number of carbonyl (C=O) groups is 1. The van der Waals surface area contributed by atoms with Crippen LogP contribution in [0.4, 0.5) is 5.69 Å². The summed E-state index contributed by atoms with van der Waals surface area (Å²) in [6, 6.07) is 15.5. The van der Waals surface area contributed by atoms with Crippen LogP contribution in [0, 0.1) is 6.92 Å². The Hall–Kier alpha value is -1.87. The Balaban J connectivity index is 2.14. The van der Waals surface area contributed by atoms with Crippen LogP contribution in [0.2, 0.25) is 0 Å². The number of hydrogen-bond donors (Lipinski definition) is 1. The zero-order valence-corrected chi connectivity index (χ0v) is 13.8. The van der Waals surface area contributed by atoms with E-state index >= 15 is 0 Å². The monoisotopic (exact) mass is 343 g/mol. The second kappa shape index (κ2) is 7.23. The molecule has 0 fully saturated rings. The van der Waals surface area contributed by atoms with Gasteiger partial charge in [0, 0.05) is 27.5 Å². The van der Waals surface area contributed by atoms with Gasteiger partial charge in [-0.3, -0.25) is 4.79 Å². The molecule has 108 valence electrons.